The Hall–Kier alpha value is -1.40. The Morgan fingerprint density at radius 1 is 1.09 bits per heavy atom. The Labute approximate surface area is 139 Å². The molecule has 0 radical (unpaired) electrons. The van der Waals surface area contributed by atoms with E-state index in [4.69, 9.17) is 12.2 Å². The first-order valence-corrected chi connectivity index (χ1v) is 8.83. The number of para-hydroxylation sites is 1. The standard InChI is InChI=1S/C16H18N2O2S2/c19-14-11-13(22-16(21)17-9-5-2-6-10-17)15(20)18(14)12-7-3-1-4-8-12/h1,3-4,7-8,13H,2,5-6,9-11H2/t13-/m0/s1. The average molecular weight is 334 g/mol. The van der Waals surface area contributed by atoms with Crippen LogP contribution in [0.4, 0.5) is 5.69 Å². The summed E-state index contributed by atoms with van der Waals surface area (Å²) in [6.07, 6.45) is 3.77. The molecule has 22 heavy (non-hydrogen) atoms. The van der Waals surface area contributed by atoms with Crippen LogP contribution >= 0.6 is 24.0 Å². The van der Waals surface area contributed by atoms with Crippen LogP contribution in [-0.2, 0) is 9.59 Å². The predicted octanol–water partition coefficient (Wildman–Crippen LogP) is 2.82. The molecule has 116 valence electrons. The second-order valence-corrected chi connectivity index (χ2v) is 7.36. The Morgan fingerprint density at radius 2 is 1.77 bits per heavy atom. The Bertz CT molecular complexity index is 585. The summed E-state index contributed by atoms with van der Waals surface area (Å²) in [5.74, 6) is -0.296. The van der Waals surface area contributed by atoms with Gasteiger partial charge in [-0.1, -0.05) is 42.2 Å². The van der Waals surface area contributed by atoms with Gasteiger partial charge in [-0.3, -0.25) is 9.59 Å². The second kappa shape index (κ2) is 6.79. The van der Waals surface area contributed by atoms with E-state index < -0.39 is 0 Å². The first kappa shape index (κ1) is 15.5. The monoisotopic (exact) mass is 334 g/mol. The molecule has 0 unspecified atom stereocenters. The molecule has 3 rings (SSSR count). The second-order valence-electron chi connectivity index (χ2n) is 5.53. The van der Waals surface area contributed by atoms with E-state index in [-0.39, 0.29) is 23.5 Å². The van der Waals surface area contributed by atoms with Crippen molar-refractivity contribution in [1.82, 2.24) is 4.90 Å². The molecule has 0 N–H and O–H groups in total. The number of nitrogens with zero attached hydrogens (tertiary/aromatic N) is 2. The van der Waals surface area contributed by atoms with Gasteiger partial charge in [0.1, 0.15) is 9.57 Å². The van der Waals surface area contributed by atoms with Gasteiger partial charge in [-0.2, -0.15) is 0 Å². The number of anilines is 1. The number of piperidine rings is 1. The highest BCUT2D eigenvalue weighted by Gasteiger charge is 2.41. The van der Waals surface area contributed by atoms with Crippen molar-refractivity contribution in [2.24, 2.45) is 0 Å². The van der Waals surface area contributed by atoms with Gasteiger partial charge >= 0.3 is 0 Å². The highest BCUT2D eigenvalue weighted by molar-refractivity contribution is 8.23. The van der Waals surface area contributed by atoms with E-state index in [9.17, 15) is 9.59 Å². The third kappa shape index (κ3) is 3.17. The van der Waals surface area contributed by atoms with Crippen molar-refractivity contribution in [1.29, 1.82) is 0 Å². The van der Waals surface area contributed by atoms with Crippen molar-refractivity contribution in [2.75, 3.05) is 18.0 Å². The first-order valence-electron chi connectivity index (χ1n) is 7.54. The average Bonchev–Trinajstić information content (AvgIpc) is 2.83. The van der Waals surface area contributed by atoms with E-state index in [0.29, 0.717) is 5.69 Å². The molecule has 2 saturated heterocycles. The number of thioether (sulfide) groups is 1. The van der Waals surface area contributed by atoms with Crippen molar-refractivity contribution in [3.05, 3.63) is 30.3 Å². The maximum absolute atomic E-state index is 12.5. The smallest absolute Gasteiger partial charge is 0.247 e. The lowest BCUT2D eigenvalue weighted by Gasteiger charge is -2.29. The molecule has 4 nitrogen and oxygen atoms in total. The van der Waals surface area contributed by atoms with Gasteiger partial charge < -0.3 is 4.90 Å². The zero-order chi connectivity index (χ0) is 15.5. The molecule has 1 aromatic rings. The lowest BCUT2D eigenvalue weighted by atomic mass is 10.1. The number of benzene rings is 1. The maximum Gasteiger partial charge on any atom is 0.247 e. The Kier molecular flexibility index (Phi) is 4.78. The van der Waals surface area contributed by atoms with Gasteiger partial charge in [-0.25, -0.2) is 4.90 Å². The quantitative estimate of drug-likeness (QED) is 0.614. The fourth-order valence-electron chi connectivity index (χ4n) is 2.82. The van der Waals surface area contributed by atoms with Crippen LogP contribution < -0.4 is 4.90 Å². The van der Waals surface area contributed by atoms with Crippen LogP contribution in [0.5, 0.6) is 0 Å². The van der Waals surface area contributed by atoms with Crippen LogP contribution in [-0.4, -0.2) is 39.4 Å². The van der Waals surface area contributed by atoms with Crippen molar-refractivity contribution < 1.29 is 9.59 Å². The van der Waals surface area contributed by atoms with Crippen LogP contribution in [0.1, 0.15) is 25.7 Å². The van der Waals surface area contributed by atoms with E-state index in [1.54, 1.807) is 12.1 Å². The predicted molar refractivity (Wildman–Crippen MR) is 93.0 cm³/mol. The summed E-state index contributed by atoms with van der Waals surface area (Å²) in [5, 5.41) is -0.387. The largest absolute Gasteiger partial charge is 0.358 e. The topological polar surface area (TPSA) is 40.6 Å². The zero-order valence-electron chi connectivity index (χ0n) is 12.2. The van der Waals surface area contributed by atoms with Gasteiger partial charge in [0.15, 0.2) is 0 Å². The number of likely N-dealkylation sites (tertiary alicyclic amines) is 1. The molecule has 2 heterocycles. The minimum Gasteiger partial charge on any atom is -0.358 e. The summed E-state index contributed by atoms with van der Waals surface area (Å²) in [4.78, 5) is 28.2. The van der Waals surface area contributed by atoms with Crippen molar-refractivity contribution in [2.45, 2.75) is 30.9 Å². The Balaban J connectivity index is 1.67. The van der Waals surface area contributed by atoms with E-state index in [0.717, 1.165) is 30.3 Å². The number of hydrogen-bond donors (Lipinski definition) is 0. The number of imide groups is 1. The van der Waals surface area contributed by atoms with Gasteiger partial charge in [-0.05, 0) is 31.4 Å². The summed E-state index contributed by atoms with van der Waals surface area (Å²) >= 11 is 6.83. The number of hydrogen-bond acceptors (Lipinski definition) is 4. The number of carbonyl (C=O) groups excluding carboxylic acids is 2. The van der Waals surface area contributed by atoms with E-state index >= 15 is 0 Å². The van der Waals surface area contributed by atoms with Gasteiger partial charge in [0.2, 0.25) is 11.8 Å². The fraction of sp³-hybridized carbons (Fsp3) is 0.438. The maximum atomic E-state index is 12.5. The summed E-state index contributed by atoms with van der Waals surface area (Å²) < 4.78 is 0.751. The normalized spacial score (nSPS) is 22.3. The third-order valence-electron chi connectivity index (χ3n) is 3.98. The number of thiocarbonyl (C=S) groups is 1. The molecular formula is C16H18N2O2S2. The SMILES string of the molecule is O=C1C[C@H](SC(=S)N2CCCCC2)C(=O)N1c1ccccc1. The van der Waals surface area contributed by atoms with E-state index in [1.165, 1.54) is 23.1 Å². The Morgan fingerprint density at radius 3 is 2.45 bits per heavy atom. The lowest BCUT2D eigenvalue weighted by Crippen LogP contribution is -2.35. The summed E-state index contributed by atoms with van der Waals surface area (Å²) in [6.45, 7) is 1.92. The molecule has 1 aromatic carbocycles. The van der Waals surface area contributed by atoms with Gasteiger partial charge in [0, 0.05) is 19.5 Å². The van der Waals surface area contributed by atoms with Crippen LogP contribution in [0.25, 0.3) is 0 Å². The van der Waals surface area contributed by atoms with Crippen LogP contribution in [0.3, 0.4) is 0 Å². The molecule has 2 aliphatic heterocycles. The van der Waals surface area contributed by atoms with Crippen LogP contribution in [0.2, 0.25) is 0 Å². The lowest BCUT2D eigenvalue weighted by molar-refractivity contribution is -0.121. The summed E-state index contributed by atoms with van der Waals surface area (Å²) in [7, 11) is 0. The molecule has 2 aliphatic rings. The van der Waals surface area contributed by atoms with Crippen molar-refractivity contribution in [3.63, 3.8) is 0 Å². The summed E-state index contributed by atoms with van der Waals surface area (Å²) in [5.41, 5.74) is 0.643. The molecule has 1 atom stereocenters. The third-order valence-corrected chi connectivity index (χ3v) is 5.64. The van der Waals surface area contributed by atoms with Gasteiger partial charge in [0.25, 0.3) is 0 Å². The highest BCUT2D eigenvalue weighted by atomic mass is 32.2. The molecule has 0 bridgehead atoms. The fourth-order valence-corrected chi connectivity index (χ4v) is 4.36. The molecule has 6 heteroatoms. The number of rotatable bonds is 2. The molecule has 0 saturated carbocycles. The molecule has 2 fully saturated rings. The molecule has 0 aromatic heterocycles. The minimum atomic E-state index is -0.387. The molecule has 0 aliphatic carbocycles. The zero-order valence-corrected chi connectivity index (χ0v) is 13.9. The van der Waals surface area contributed by atoms with Crippen molar-refractivity contribution in [3.8, 4) is 0 Å². The molecule has 2 amide bonds. The van der Waals surface area contributed by atoms with E-state index in [1.807, 2.05) is 18.2 Å². The first-order chi connectivity index (χ1) is 10.7. The van der Waals surface area contributed by atoms with Gasteiger partial charge in [-0.15, -0.1) is 0 Å². The molecular weight excluding hydrogens is 316 g/mol. The highest BCUT2D eigenvalue weighted by Crippen LogP contribution is 2.31. The summed E-state index contributed by atoms with van der Waals surface area (Å²) in [6, 6.07) is 9.09. The number of amides is 2. The van der Waals surface area contributed by atoms with E-state index in [2.05, 4.69) is 4.90 Å². The molecule has 0 spiro atoms. The van der Waals surface area contributed by atoms with Crippen LogP contribution in [0.15, 0.2) is 30.3 Å². The van der Waals surface area contributed by atoms with Crippen molar-refractivity contribution >= 4 is 45.8 Å². The van der Waals surface area contributed by atoms with Crippen LogP contribution in [0, 0.1) is 0 Å². The van der Waals surface area contributed by atoms with Gasteiger partial charge in [0.05, 0.1) is 5.69 Å². The number of carbonyl (C=O) groups is 2. The minimum absolute atomic E-state index is 0.143.